The number of benzene rings is 1. The molecule has 2 aromatic rings. The number of hydrogen-bond donors (Lipinski definition) is 1. The molecule has 3 heterocycles. The number of aliphatic imine (C=N–C) groups is 1. The maximum absolute atomic E-state index is 5.92. The molecule has 1 N–H and O–H groups in total. The van der Waals surface area contributed by atoms with Gasteiger partial charge in [0.2, 0.25) is 11.7 Å². The molecule has 7 nitrogen and oxygen atoms in total. The molecule has 1 saturated heterocycles. The van der Waals surface area contributed by atoms with E-state index in [1.165, 1.54) is 6.42 Å². The van der Waals surface area contributed by atoms with E-state index in [-0.39, 0.29) is 24.0 Å². The first kappa shape index (κ1) is 22.0. The molecule has 1 unspecified atom stereocenters. The van der Waals surface area contributed by atoms with E-state index in [9.17, 15) is 0 Å². The average molecular weight is 529 g/mol. The van der Waals surface area contributed by atoms with Gasteiger partial charge in [0.15, 0.2) is 5.96 Å². The Hall–Kier alpha value is -1.65. The van der Waals surface area contributed by atoms with Crippen LogP contribution in [0, 0.1) is 0 Å². The minimum atomic E-state index is 0. The van der Waals surface area contributed by atoms with Crippen molar-refractivity contribution in [3.63, 3.8) is 0 Å². The van der Waals surface area contributed by atoms with Crippen molar-refractivity contribution >= 4 is 41.5 Å². The van der Waals surface area contributed by atoms with Gasteiger partial charge in [0.05, 0.1) is 0 Å². The van der Waals surface area contributed by atoms with Crippen LogP contribution in [0.25, 0.3) is 11.4 Å². The largest absolute Gasteiger partial charge is 0.356 e. The Labute approximate surface area is 193 Å². The summed E-state index contributed by atoms with van der Waals surface area (Å²) < 4.78 is 5.37. The fourth-order valence-corrected chi connectivity index (χ4v) is 3.84. The summed E-state index contributed by atoms with van der Waals surface area (Å²) in [6, 6.07) is 8.01. The van der Waals surface area contributed by atoms with Crippen molar-refractivity contribution in [2.75, 3.05) is 39.8 Å². The first-order valence-corrected chi connectivity index (χ1v) is 10.0. The van der Waals surface area contributed by atoms with E-state index in [2.05, 4.69) is 42.4 Å². The van der Waals surface area contributed by atoms with Crippen LogP contribution in [-0.2, 0) is 6.42 Å². The van der Waals surface area contributed by atoms with E-state index in [4.69, 9.17) is 16.1 Å². The maximum atomic E-state index is 5.92. The standard InChI is InChI=1S/C20H25ClN6O.HI/c1-22-20(27-13-9-17(14-27)26-11-2-3-12-26)23-10-8-18-24-19(25-28-18)15-4-6-16(21)7-5-15;/h2-7,17H,8-14H2,1H3,(H,22,23);1H. The SMILES string of the molecule is CN=C(NCCc1nc(-c2ccc(Cl)cc2)no1)N1CCC(N2CC=CC2)C1.I. The van der Waals surface area contributed by atoms with Crippen molar-refractivity contribution in [2.24, 2.45) is 4.99 Å². The second kappa shape index (κ2) is 10.4. The Bertz CT molecular complexity index is 845. The van der Waals surface area contributed by atoms with Gasteiger partial charge < -0.3 is 14.7 Å². The molecular weight excluding hydrogens is 503 g/mol. The number of likely N-dealkylation sites (tertiary alicyclic amines) is 1. The molecule has 4 rings (SSSR count). The fraction of sp³-hybridized carbons (Fsp3) is 0.450. The molecule has 9 heteroatoms. The van der Waals surface area contributed by atoms with E-state index in [1.807, 2.05) is 31.3 Å². The van der Waals surface area contributed by atoms with Crippen molar-refractivity contribution in [1.82, 2.24) is 25.3 Å². The van der Waals surface area contributed by atoms with Gasteiger partial charge in [0.25, 0.3) is 0 Å². The molecule has 0 saturated carbocycles. The minimum Gasteiger partial charge on any atom is -0.356 e. The Morgan fingerprint density at radius 3 is 2.76 bits per heavy atom. The zero-order valence-electron chi connectivity index (χ0n) is 16.4. The molecule has 2 aliphatic rings. The predicted octanol–water partition coefficient (Wildman–Crippen LogP) is 3.07. The molecular formula is C20H26ClIN6O. The molecule has 1 atom stereocenters. The fourth-order valence-electron chi connectivity index (χ4n) is 3.71. The third-order valence-corrected chi connectivity index (χ3v) is 5.48. The number of aromatic nitrogens is 2. The molecule has 0 radical (unpaired) electrons. The Kier molecular flexibility index (Phi) is 7.91. The van der Waals surface area contributed by atoms with Gasteiger partial charge in [0, 0.05) is 62.8 Å². The number of nitrogens with zero attached hydrogens (tertiary/aromatic N) is 5. The van der Waals surface area contributed by atoms with Gasteiger partial charge >= 0.3 is 0 Å². The normalized spacial score (nSPS) is 19.6. The van der Waals surface area contributed by atoms with Crippen molar-refractivity contribution in [3.8, 4) is 11.4 Å². The van der Waals surface area contributed by atoms with Crippen molar-refractivity contribution < 1.29 is 4.52 Å². The predicted molar refractivity (Wildman–Crippen MR) is 126 cm³/mol. The summed E-state index contributed by atoms with van der Waals surface area (Å²) in [5.74, 6) is 2.13. The van der Waals surface area contributed by atoms with Gasteiger partial charge in [-0.25, -0.2) is 0 Å². The smallest absolute Gasteiger partial charge is 0.228 e. The highest BCUT2D eigenvalue weighted by Crippen LogP contribution is 2.19. The summed E-state index contributed by atoms with van der Waals surface area (Å²) in [5, 5.41) is 8.17. The van der Waals surface area contributed by atoms with E-state index in [1.54, 1.807) is 0 Å². The molecule has 156 valence electrons. The maximum Gasteiger partial charge on any atom is 0.228 e. The molecule has 29 heavy (non-hydrogen) atoms. The Morgan fingerprint density at radius 2 is 2.03 bits per heavy atom. The lowest BCUT2D eigenvalue weighted by atomic mass is 10.2. The highest BCUT2D eigenvalue weighted by molar-refractivity contribution is 14.0. The topological polar surface area (TPSA) is 69.8 Å². The van der Waals surface area contributed by atoms with Crippen molar-refractivity contribution in [3.05, 3.63) is 47.3 Å². The van der Waals surface area contributed by atoms with Gasteiger partial charge in [-0.1, -0.05) is 28.9 Å². The van der Waals surface area contributed by atoms with E-state index in [0.29, 0.717) is 35.7 Å². The summed E-state index contributed by atoms with van der Waals surface area (Å²) in [6.45, 7) is 4.88. The first-order chi connectivity index (χ1) is 13.7. The van der Waals surface area contributed by atoms with Crippen LogP contribution in [0.5, 0.6) is 0 Å². The molecule has 0 amide bonds. The summed E-state index contributed by atoms with van der Waals surface area (Å²) in [7, 11) is 1.83. The highest BCUT2D eigenvalue weighted by Gasteiger charge is 2.29. The monoisotopic (exact) mass is 528 g/mol. The lowest BCUT2D eigenvalue weighted by Gasteiger charge is -2.25. The summed E-state index contributed by atoms with van der Waals surface area (Å²) in [4.78, 5) is 13.8. The van der Waals surface area contributed by atoms with E-state index < -0.39 is 0 Å². The van der Waals surface area contributed by atoms with Gasteiger partial charge in [0.1, 0.15) is 0 Å². The first-order valence-electron chi connectivity index (χ1n) is 9.66. The second-order valence-electron chi connectivity index (χ2n) is 7.06. The Morgan fingerprint density at radius 1 is 1.28 bits per heavy atom. The average Bonchev–Trinajstić information content (AvgIpc) is 3.47. The molecule has 0 bridgehead atoms. The number of hydrogen-bond acceptors (Lipinski definition) is 5. The number of halogens is 2. The van der Waals surface area contributed by atoms with Crippen LogP contribution in [0.2, 0.25) is 5.02 Å². The quantitative estimate of drug-likeness (QED) is 0.278. The van der Waals surface area contributed by atoms with Crippen LogP contribution in [0.15, 0.2) is 45.9 Å². The number of nitrogens with one attached hydrogen (secondary N) is 1. The van der Waals surface area contributed by atoms with E-state index >= 15 is 0 Å². The molecule has 0 spiro atoms. The van der Waals surface area contributed by atoms with Crippen LogP contribution in [0.1, 0.15) is 12.3 Å². The Balaban J connectivity index is 0.00000240. The van der Waals surface area contributed by atoms with Gasteiger partial charge in [-0.3, -0.25) is 9.89 Å². The number of guanidine groups is 1. The zero-order chi connectivity index (χ0) is 19.3. The molecule has 1 aromatic carbocycles. The molecule has 1 aromatic heterocycles. The van der Waals surface area contributed by atoms with Crippen LogP contribution < -0.4 is 5.32 Å². The van der Waals surface area contributed by atoms with Gasteiger partial charge in [-0.05, 0) is 30.7 Å². The van der Waals surface area contributed by atoms with Crippen molar-refractivity contribution in [1.29, 1.82) is 0 Å². The summed E-state index contributed by atoms with van der Waals surface area (Å²) in [5.41, 5.74) is 0.891. The highest BCUT2D eigenvalue weighted by atomic mass is 127. The van der Waals surface area contributed by atoms with Crippen LogP contribution in [-0.4, -0.2) is 71.7 Å². The number of rotatable bonds is 5. The van der Waals surface area contributed by atoms with Crippen LogP contribution in [0.4, 0.5) is 0 Å². The van der Waals surface area contributed by atoms with E-state index in [0.717, 1.165) is 37.7 Å². The van der Waals surface area contributed by atoms with Gasteiger partial charge in [-0.15, -0.1) is 24.0 Å². The lowest BCUT2D eigenvalue weighted by Crippen LogP contribution is -2.43. The third-order valence-electron chi connectivity index (χ3n) is 5.23. The third kappa shape index (κ3) is 5.49. The summed E-state index contributed by atoms with van der Waals surface area (Å²) in [6.07, 6.45) is 6.32. The van der Waals surface area contributed by atoms with Gasteiger partial charge in [-0.2, -0.15) is 4.98 Å². The molecule has 1 fully saturated rings. The zero-order valence-corrected chi connectivity index (χ0v) is 19.5. The summed E-state index contributed by atoms with van der Waals surface area (Å²) >= 11 is 5.92. The van der Waals surface area contributed by atoms with Crippen molar-refractivity contribution in [2.45, 2.75) is 18.9 Å². The lowest BCUT2D eigenvalue weighted by molar-refractivity contribution is 0.259. The minimum absolute atomic E-state index is 0. The molecule has 2 aliphatic heterocycles. The molecule has 0 aliphatic carbocycles. The second-order valence-corrected chi connectivity index (χ2v) is 7.49. The van der Waals surface area contributed by atoms with Crippen LogP contribution in [0.3, 0.4) is 0 Å². The van der Waals surface area contributed by atoms with Crippen LogP contribution >= 0.6 is 35.6 Å².